The highest BCUT2D eigenvalue weighted by atomic mass is 16.5. The second-order valence-corrected chi connectivity index (χ2v) is 6.04. The van der Waals surface area contributed by atoms with Crippen molar-refractivity contribution in [3.05, 3.63) is 72.4 Å². The predicted molar refractivity (Wildman–Crippen MR) is 101 cm³/mol. The largest absolute Gasteiger partial charge is 0.497 e. The molecule has 27 heavy (non-hydrogen) atoms. The molecule has 0 atom stereocenters. The van der Waals surface area contributed by atoms with Crippen molar-refractivity contribution in [2.75, 3.05) is 12.4 Å². The average molecular weight is 362 g/mol. The van der Waals surface area contributed by atoms with Gasteiger partial charge in [-0.3, -0.25) is 9.78 Å². The van der Waals surface area contributed by atoms with Crippen LogP contribution in [0.2, 0.25) is 0 Å². The van der Waals surface area contributed by atoms with Gasteiger partial charge in [0.25, 0.3) is 0 Å². The summed E-state index contributed by atoms with van der Waals surface area (Å²) < 4.78 is 12.4. The number of aromatic nitrogens is 3. The minimum atomic E-state index is -0.142. The third kappa shape index (κ3) is 3.67. The zero-order valence-corrected chi connectivity index (χ0v) is 14.8. The van der Waals surface area contributed by atoms with E-state index in [0.717, 1.165) is 16.6 Å². The number of hydrogen-bond acceptors (Lipinski definition) is 5. The number of anilines is 1. The maximum atomic E-state index is 12.5. The molecule has 0 aliphatic heterocycles. The molecule has 1 amide bonds. The normalized spacial score (nSPS) is 10.9. The number of hydrogen-bond donors (Lipinski definition) is 1. The molecule has 7 nitrogen and oxygen atoms in total. The average Bonchev–Trinajstić information content (AvgIpc) is 3.29. The smallest absolute Gasteiger partial charge is 0.230 e. The molecule has 1 aromatic carbocycles. The lowest BCUT2D eigenvalue weighted by Gasteiger charge is -2.08. The van der Waals surface area contributed by atoms with Gasteiger partial charge in [0.1, 0.15) is 17.2 Å². The van der Waals surface area contributed by atoms with Gasteiger partial charge in [-0.25, -0.2) is 4.68 Å². The van der Waals surface area contributed by atoms with E-state index in [0.29, 0.717) is 23.7 Å². The Morgan fingerprint density at radius 3 is 2.96 bits per heavy atom. The van der Waals surface area contributed by atoms with E-state index in [1.807, 2.05) is 30.3 Å². The number of carbonyl (C=O) groups is 1. The lowest BCUT2D eigenvalue weighted by Crippen LogP contribution is -2.18. The van der Waals surface area contributed by atoms with Gasteiger partial charge in [-0.05, 0) is 24.3 Å². The summed E-state index contributed by atoms with van der Waals surface area (Å²) in [5.41, 5.74) is 2.38. The van der Waals surface area contributed by atoms with Crippen molar-refractivity contribution in [1.29, 1.82) is 0 Å². The summed E-state index contributed by atoms with van der Waals surface area (Å²) in [5, 5.41) is 8.06. The first-order valence-electron chi connectivity index (χ1n) is 8.48. The molecule has 0 saturated carbocycles. The van der Waals surface area contributed by atoms with Gasteiger partial charge in [0.2, 0.25) is 5.91 Å². The van der Waals surface area contributed by atoms with Crippen molar-refractivity contribution in [1.82, 2.24) is 14.8 Å². The van der Waals surface area contributed by atoms with Crippen LogP contribution in [0.1, 0.15) is 11.3 Å². The van der Waals surface area contributed by atoms with Gasteiger partial charge in [0.15, 0.2) is 0 Å². The molecule has 0 radical (unpaired) electrons. The quantitative estimate of drug-likeness (QED) is 0.569. The number of rotatable bonds is 6. The second kappa shape index (κ2) is 7.33. The van der Waals surface area contributed by atoms with Crippen LogP contribution in [-0.2, 0) is 17.8 Å². The van der Waals surface area contributed by atoms with E-state index >= 15 is 0 Å². The highest BCUT2D eigenvalue weighted by molar-refractivity contribution is 5.95. The van der Waals surface area contributed by atoms with Gasteiger partial charge >= 0.3 is 0 Å². The number of amides is 1. The first-order valence-corrected chi connectivity index (χ1v) is 8.48. The topological polar surface area (TPSA) is 82.2 Å². The third-order valence-corrected chi connectivity index (χ3v) is 4.24. The number of methoxy groups -OCH3 is 1. The molecule has 136 valence electrons. The van der Waals surface area contributed by atoms with Gasteiger partial charge in [-0.2, -0.15) is 5.10 Å². The number of nitrogens with zero attached hydrogens (tertiary/aromatic N) is 3. The maximum Gasteiger partial charge on any atom is 0.230 e. The maximum absolute atomic E-state index is 12.5. The van der Waals surface area contributed by atoms with Crippen LogP contribution >= 0.6 is 0 Å². The Labute approximate surface area is 155 Å². The van der Waals surface area contributed by atoms with Gasteiger partial charge in [-0.15, -0.1) is 0 Å². The summed E-state index contributed by atoms with van der Waals surface area (Å²) in [6, 6.07) is 13.0. The number of carbonyl (C=O) groups excluding carboxylic acids is 1. The number of pyridine rings is 1. The first kappa shape index (κ1) is 16.8. The molecule has 0 bridgehead atoms. The molecule has 4 aromatic rings. The van der Waals surface area contributed by atoms with Gasteiger partial charge in [0, 0.05) is 29.3 Å². The minimum Gasteiger partial charge on any atom is -0.497 e. The highest BCUT2D eigenvalue weighted by Crippen LogP contribution is 2.26. The van der Waals surface area contributed by atoms with E-state index in [4.69, 9.17) is 9.15 Å². The molecule has 0 fully saturated rings. The van der Waals surface area contributed by atoms with Gasteiger partial charge < -0.3 is 14.5 Å². The molecule has 0 aliphatic carbocycles. The first-order chi connectivity index (χ1) is 13.2. The number of ether oxygens (including phenoxy) is 1. The predicted octanol–water partition coefficient (Wildman–Crippen LogP) is 3.26. The summed E-state index contributed by atoms with van der Waals surface area (Å²) in [5.74, 6) is 1.20. The molecule has 4 rings (SSSR count). The molecule has 0 spiro atoms. The van der Waals surface area contributed by atoms with Crippen LogP contribution in [0.4, 0.5) is 5.82 Å². The van der Waals surface area contributed by atoms with Crippen LogP contribution in [0.25, 0.3) is 11.0 Å². The molecular weight excluding hydrogens is 344 g/mol. The Hall–Kier alpha value is -3.61. The Bertz CT molecular complexity index is 1070. The summed E-state index contributed by atoms with van der Waals surface area (Å²) in [7, 11) is 1.60. The zero-order valence-electron chi connectivity index (χ0n) is 14.8. The molecular formula is C20H18N4O3. The van der Waals surface area contributed by atoms with Crippen LogP contribution in [0.15, 0.2) is 65.5 Å². The molecule has 3 aromatic heterocycles. The standard InChI is InChI=1S/C20H18N4O3/c1-26-16-5-6-17-14(13-27-18(17)11-16)10-20(25)23-19-7-9-22-24(19)12-15-4-2-3-8-21-15/h2-9,11,13H,10,12H2,1H3,(H,23,25). The van der Waals surface area contributed by atoms with Crippen molar-refractivity contribution >= 4 is 22.7 Å². The monoisotopic (exact) mass is 362 g/mol. The number of benzene rings is 1. The summed E-state index contributed by atoms with van der Waals surface area (Å²) >= 11 is 0. The fraction of sp³-hybridized carbons (Fsp3) is 0.150. The zero-order chi connectivity index (χ0) is 18.6. The Morgan fingerprint density at radius 2 is 2.15 bits per heavy atom. The van der Waals surface area contributed by atoms with Crippen molar-refractivity contribution in [2.24, 2.45) is 0 Å². The number of furan rings is 1. The van der Waals surface area contributed by atoms with Gasteiger partial charge in [0.05, 0.1) is 38.2 Å². The Kier molecular flexibility index (Phi) is 4.57. The second-order valence-electron chi connectivity index (χ2n) is 6.04. The van der Waals surface area contributed by atoms with Crippen molar-refractivity contribution < 1.29 is 13.9 Å². The SMILES string of the molecule is COc1ccc2c(CC(=O)Nc3ccnn3Cc3ccccn3)coc2c1. The van der Waals surface area contributed by atoms with E-state index in [1.165, 1.54) is 0 Å². The fourth-order valence-electron chi connectivity index (χ4n) is 2.90. The van der Waals surface area contributed by atoms with Crippen molar-refractivity contribution in [2.45, 2.75) is 13.0 Å². The van der Waals surface area contributed by atoms with Gasteiger partial charge in [-0.1, -0.05) is 6.07 Å². The summed E-state index contributed by atoms with van der Waals surface area (Å²) in [6.07, 6.45) is 5.19. The number of fused-ring (bicyclic) bond motifs is 1. The highest BCUT2D eigenvalue weighted by Gasteiger charge is 2.13. The molecule has 3 heterocycles. The van der Waals surface area contributed by atoms with E-state index in [9.17, 15) is 4.79 Å². The Morgan fingerprint density at radius 1 is 1.22 bits per heavy atom. The molecule has 0 aliphatic rings. The van der Waals surface area contributed by atoms with Crippen molar-refractivity contribution in [3.63, 3.8) is 0 Å². The van der Waals surface area contributed by atoms with Crippen LogP contribution < -0.4 is 10.1 Å². The van der Waals surface area contributed by atoms with Crippen LogP contribution in [0.3, 0.4) is 0 Å². The van der Waals surface area contributed by atoms with E-state index in [1.54, 1.807) is 42.6 Å². The molecule has 0 unspecified atom stereocenters. The molecule has 0 saturated heterocycles. The minimum absolute atomic E-state index is 0.142. The molecule has 1 N–H and O–H groups in total. The summed E-state index contributed by atoms with van der Waals surface area (Å²) in [6.45, 7) is 0.484. The van der Waals surface area contributed by atoms with Crippen LogP contribution in [-0.4, -0.2) is 27.8 Å². The van der Waals surface area contributed by atoms with Crippen molar-refractivity contribution in [3.8, 4) is 5.75 Å². The van der Waals surface area contributed by atoms with Crippen LogP contribution in [0.5, 0.6) is 5.75 Å². The van der Waals surface area contributed by atoms with E-state index < -0.39 is 0 Å². The van der Waals surface area contributed by atoms with Crippen LogP contribution in [0, 0.1) is 0 Å². The third-order valence-electron chi connectivity index (χ3n) is 4.24. The Balaban J connectivity index is 1.47. The van der Waals surface area contributed by atoms with E-state index in [-0.39, 0.29) is 12.3 Å². The number of nitrogens with one attached hydrogen (secondary N) is 1. The molecule has 7 heteroatoms. The lowest BCUT2D eigenvalue weighted by atomic mass is 10.1. The lowest BCUT2D eigenvalue weighted by molar-refractivity contribution is -0.115. The van der Waals surface area contributed by atoms with E-state index in [2.05, 4.69) is 15.4 Å². The summed E-state index contributed by atoms with van der Waals surface area (Å²) in [4.78, 5) is 16.8. The fourth-order valence-corrected chi connectivity index (χ4v) is 2.90.